The van der Waals surface area contributed by atoms with Crippen LogP contribution in [0.25, 0.3) is 0 Å². The van der Waals surface area contributed by atoms with Crippen LogP contribution in [0.2, 0.25) is 5.02 Å². The standard InChI is InChI=1S/C16H16ClN3O4S/c1-10-7-13-14(24-6-5-20(13)11(2)21)8-15(10)25(22,23)19-16-4-3-12(17)9-18-16/h3-4,7-9H,5-6H2,1-2H3,(H,18,19). The number of nitrogens with one attached hydrogen (secondary N) is 1. The summed E-state index contributed by atoms with van der Waals surface area (Å²) in [6.07, 6.45) is 1.35. The van der Waals surface area contributed by atoms with Crippen molar-refractivity contribution >= 4 is 39.0 Å². The number of rotatable bonds is 3. The van der Waals surface area contributed by atoms with E-state index in [1.54, 1.807) is 24.0 Å². The van der Waals surface area contributed by atoms with E-state index >= 15 is 0 Å². The molecule has 7 nitrogen and oxygen atoms in total. The maximum Gasteiger partial charge on any atom is 0.263 e. The molecule has 1 N–H and O–H groups in total. The SMILES string of the molecule is CC(=O)N1CCOc2cc(S(=O)(=O)Nc3ccc(Cl)cn3)c(C)cc21. The van der Waals surface area contributed by atoms with Crippen LogP contribution in [-0.2, 0) is 14.8 Å². The number of amides is 1. The number of hydrogen-bond donors (Lipinski definition) is 1. The van der Waals surface area contributed by atoms with Crippen molar-refractivity contribution in [2.24, 2.45) is 0 Å². The van der Waals surface area contributed by atoms with Gasteiger partial charge >= 0.3 is 0 Å². The fourth-order valence-electron chi connectivity index (χ4n) is 2.59. The molecular weight excluding hydrogens is 366 g/mol. The van der Waals surface area contributed by atoms with Gasteiger partial charge < -0.3 is 9.64 Å². The quantitative estimate of drug-likeness (QED) is 0.882. The molecule has 0 atom stereocenters. The van der Waals surface area contributed by atoms with Crippen LogP contribution in [0, 0.1) is 6.92 Å². The summed E-state index contributed by atoms with van der Waals surface area (Å²) in [4.78, 5) is 17.3. The van der Waals surface area contributed by atoms with Crippen molar-refractivity contribution in [2.75, 3.05) is 22.8 Å². The summed E-state index contributed by atoms with van der Waals surface area (Å²) < 4.78 is 33.3. The van der Waals surface area contributed by atoms with Gasteiger partial charge in [0.05, 0.1) is 22.2 Å². The Balaban J connectivity index is 1.99. The maximum atomic E-state index is 12.7. The zero-order valence-electron chi connectivity index (χ0n) is 13.6. The molecule has 0 saturated carbocycles. The minimum Gasteiger partial charge on any atom is -0.489 e. The van der Waals surface area contributed by atoms with E-state index in [-0.39, 0.29) is 16.6 Å². The zero-order valence-corrected chi connectivity index (χ0v) is 15.2. The van der Waals surface area contributed by atoms with Crippen LogP contribution in [0.4, 0.5) is 11.5 Å². The predicted octanol–water partition coefficient (Wildman–Crippen LogP) is 2.59. The zero-order chi connectivity index (χ0) is 18.2. The van der Waals surface area contributed by atoms with Gasteiger partial charge in [-0.3, -0.25) is 9.52 Å². The van der Waals surface area contributed by atoms with Gasteiger partial charge in [0.25, 0.3) is 10.0 Å². The lowest BCUT2D eigenvalue weighted by Gasteiger charge is -2.29. The van der Waals surface area contributed by atoms with Crippen LogP contribution in [0.5, 0.6) is 5.75 Å². The highest BCUT2D eigenvalue weighted by Crippen LogP contribution is 2.36. The highest BCUT2D eigenvalue weighted by atomic mass is 35.5. The molecule has 1 aliphatic heterocycles. The van der Waals surface area contributed by atoms with Gasteiger partial charge in [0.15, 0.2) is 0 Å². The first-order valence-corrected chi connectivity index (χ1v) is 9.34. The Morgan fingerprint density at radius 3 is 2.76 bits per heavy atom. The molecule has 0 unspecified atom stereocenters. The van der Waals surface area contributed by atoms with Crippen molar-refractivity contribution in [3.05, 3.63) is 41.0 Å². The summed E-state index contributed by atoms with van der Waals surface area (Å²) in [5.74, 6) is 0.396. The Morgan fingerprint density at radius 1 is 1.36 bits per heavy atom. The van der Waals surface area contributed by atoms with Gasteiger partial charge in [0.1, 0.15) is 18.2 Å². The second-order valence-corrected chi connectivity index (χ2v) is 7.66. The van der Waals surface area contributed by atoms with E-state index in [9.17, 15) is 13.2 Å². The summed E-state index contributed by atoms with van der Waals surface area (Å²) >= 11 is 5.76. The number of fused-ring (bicyclic) bond motifs is 1. The van der Waals surface area contributed by atoms with Crippen molar-refractivity contribution < 1.29 is 17.9 Å². The van der Waals surface area contributed by atoms with Gasteiger partial charge in [-0.2, -0.15) is 0 Å². The molecule has 0 fully saturated rings. The first-order valence-electron chi connectivity index (χ1n) is 7.48. The summed E-state index contributed by atoms with van der Waals surface area (Å²) in [6.45, 7) is 3.86. The molecule has 25 heavy (non-hydrogen) atoms. The molecule has 1 aliphatic rings. The Hall–Kier alpha value is -2.32. The number of pyridine rings is 1. The van der Waals surface area contributed by atoms with Crippen LogP contribution in [0.3, 0.4) is 0 Å². The molecule has 132 valence electrons. The Labute approximate surface area is 150 Å². The van der Waals surface area contributed by atoms with E-state index in [1.807, 2.05) is 0 Å². The molecule has 9 heteroatoms. The van der Waals surface area contributed by atoms with Gasteiger partial charge in [0.2, 0.25) is 5.91 Å². The van der Waals surface area contributed by atoms with Crippen LogP contribution >= 0.6 is 11.6 Å². The fourth-order valence-corrected chi connectivity index (χ4v) is 3.96. The second kappa shape index (κ2) is 6.53. The summed E-state index contributed by atoms with van der Waals surface area (Å²) in [7, 11) is -3.87. The van der Waals surface area contributed by atoms with Gasteiger partial charge in [-0.25, -0.2) is 13.4 Å². The van der Waals surface area contributed by atoms with Gasteiger partial charge in [-0.15, -0.1) is 0 Å². The number of anilines is 2. The van der Waals surface area contributed by atoms with E-state index in [0.717, 1.165) is 0 Å². The third kappa shape index (κ3) is 3.54. The van der Waals surface area contributed by atoms with E-state index in [2.05, 4.69) is 9.71 Å². The van der Waals surface area contributed by atoms with Crippen molar-refractivity contribution in [1.82, 2.24) is 4.98 Å². The summed E-state index contributed by atoms with van der Waals surface area (Å²) in [5, 5.41) is 0.408. The maximum absolute atomic E-state index is 12.7. The van der Waals surface area contributed by atoms with Crippen LogP contribution in [-0.4, -0.2) is 32.5 Å². The molecule has 1 aromatic heterocycles. The topological polar surface area (TPSA) is 88.6 Å². The van der Waals surface area contributed by atoms with E-state index in [4.69, 9.17) is 16.3 Å². The molecule has 0 spiro atoms. The molecular formula is C16H16ClN3O4S. The minimum atomic E-state index is -3.87. The van der Waals surface area contributed by atoms with E-state index in [1.165, 1.54) is 25.3 Å². The average Bonchev–Trinajstić information content (AvgIpc) is 2.55. The minimum absolute atomic E-state index is 0.0633. The lowest BCUT2D eigenvalue weighted by Crippen LogP contribution is -2.36. The Bertz CT molecular complexity index is 929. The molecule has 0 bridgehead atoms. The highest BCUT2D eigenvalue weighted by Gasteiger charge is 2.26. The molecule has 3 rings (SSSR count). The fraction of sp³-hybridized carbons (Fsp3) is 0.250. The van der Waals surface area contributed by atoms with Gasteiger partial charge in [-0.05, 0) is 30.7 Å². The largest absolute Gasteiger partial charge is 0.489 e. The number of carbonyl (C=O) groups excluding carboxylic acids is 1. The smallest absolute Gasteiger partial charge is 0.263 e. The molecule has 1 aromatic carbocycles. The first-order chi connectivity index (χ1) is 11.8. The van der Waals surface area contributed by atoms with Gasteiger partial charge in [-0.1, -0.05) is 11.6 Å². The number of hydrogen-bond acceptors (Lipinski definition) is 5. The Kier molecular flexibility index (Phi) is 4.57. The van der Waals surface area contributed by atoms with Crippen LogP contribution < -0.4 is 14.4 Å². The number of aryl methyl sites for hydroxylation is 1. The molecule has 2 aromatic rings. The number of aromatic nitrogens is 1. The number of benzene rings is 1. The lowest BCUT2D eigenvalue weighted by atomic mass is 10.1. The summed E-state index contributed by atoms with van der Waals surface area (Å²) in [6, 6.07) is 6.08. The number of ether oxygens (including phenoxy) is 1. The summed E-state index contributed by atoms with van der Waals surface area (Å²) in [5.41, 5.74) is 1.07. The van der Waals surface area contributed by atoms with Crippen molar-refractivity contribution in [3.63, 3.8) is 0 Å². The average molecular weight is 382 g/mol. The Morgan fingerprint density at radius 2 is 2.12 bits per heavy atom. The highest BCUT2D eigenvalue weighted by molar-refractivity contribution is 7.92. The second-order valence-electron chi connectivity index (χ2n) is 5.57. The molecule has 2 heterocycles. The number of nitrogens with zero attached hydrogens (tertiary/aromatic N) is 2. The molecule has 1 amide bonds. The van der Waals surface area contributed by atoms with Crippen molar-refractivity contribution in [3.8, 4) is 5.75 Å². The van der Waals surface area contributed by atoms with E-state index < -0.39 is 10.0 Å². The number of halogens is 1. The third-order valence-electron chi connectivity index (χ3n) is 3.76. The third-order valence-corrected chi connectivity index (χ3v) is 5.48. The molecule has 0 aliphatic carbocycles. The molecule has 0 saturated heterocycles. The van der Waals surface area contributed by atoms with Gasteiger partial charge in [0, 0.05) is 19.2 Å². The predicted molar refractivity (Wildman–Crippen MR) is 94.8 cm³/mol. The number of sulfonamides is 1. The normalized spacial score (nSPS) is 13.8. The van der Waals surface area contributed by atoms with Crippen LogP contribution in [0.15, 0.2) is 35.4 Å². The van der Waals surface area contributed by atoms with E-state index in [0.29, 0.717) is 35.2 Å². The number of carbonyl (C=O) groups is 1. The van der Waals surface area contributed by atoms with Crippen molar-refractivity contribution in [2.45, 2.75) is 18.7 Å². The monoisotopic (exact) mass is 381 g/mol. The van der Waals surface area contributed by atoms with Crippen molar-refractivity contribution in [1.29, 1.82) is 0 Å². The van der Waals surface area contributed by atoms with Crippen LogP contribution in [0.1, 0.15) is 12.5 Å². The first kappa shape index (κ1) is 17.5. The lowest BCUT2D eigenvalue weighted by molar-refractivity contribution is -0.116. The molecule has 0 radical (unpaired) electrons.